The Morgan fingerprint density at radius 1 is 1.41 bits per heavy atom. The zero-order valence-electron chi connectivity index (χ0n) is 9.46. The number of nitrogens with two attached hydrogens (primary N) is 1. The summed E-state index contributed by atoms with van der Waals surface area (Å²) in [7, 11) is 0. The van der Waals surface area contributed by atoms with Crippen LogP contribution >= 0.6 is 0 Å². The summed E-state index contributed by atoms with van der Waals surface area (Å²) >= 11 is 0. The van der Waals surface area contributed by atoms with Crippen molar-refractivity contribution < 1.29 is 9.53 Å². The molecule has 5 nitrogen and oxygen atoms in total. The van der Waals surface area contributed by atoms with E-state index in [1.54, 1.807) is 13.0 Å². The minimum atomic E-state index is -0.525. The summed E-state index contributed by atoms with van der Waals surface area (Å²) in [6.07, 6.45) is -0.525. The fourth-order valence-corrected chi connectivity index (χ4v) is 1.54. The molecule has 0 saturated heterocycles. The zero-order chi connectivity index (χ0) is 12.3. The van der Waals surface area contributed by atoms with Gasteiger partial charge in [0.25, 0.3) is 0 Å². The molecule has 0 aliphatic carbocycles. The van der Waals surface area contributed by atoms with E-state index < -0.39 is 6.09 Å². The third-order valence-corrected chi connectivity index (χ3v) is 2.24. The number of nitrogen functional groups attached to an aromatic ring is 1. The molecule has 17 heavy (non-hydrogen) atoms. The van der Waals surface area contributed by atoms with Crippen molar-refractivity contribution in [1.29, 1.82) is 0 Å². The molecule has 0 radical (unpaired) electrons. The van der Waals surface area contributed by atoms with E-state index in [2.05, 4.69) is 5.10 Å². The Balaban J connectivity index is 2.44. The number of carbonyl (C=O) groups is 1. The van der Waals surface area contributed by atoms with Gasteiger partial charge in [-0.25, -0.2) is 4.79 Å². The lowest BCUT2D eigenvalue weighted by molar-refractivity contribution is 0.151. The molecular formula is C12H13N3O2. The maximum absolute atomic E-state index is 11.7. The zero-order valence-corrected chi connectivity index (χ0v) is 9.46. The van der Waals surface area contributed by atoms with Crippen molar-refractivity contribution in [1.82, 2.24) is 9.78 Å². The Hall–Kier alpha value is -2.30. The van der Waals surface area contributed by atoms with Crippen molar-refractivity contribution in [3.8, 4) is 11.3 Å². The first-order valence-electron chi connectivity index (χ1n) is 5.30. The van der Waals surface area contributed by atoms with Gasteiger partial charge < -0.3 is 10.5 Å². The molecule has 2 N–H and O–H groups in total. The van der Waals surface area contributed by atoms with Crippen molar-refractivity contribution in [3.05, 3.63) is 36.4 Å². The number of anilines is 1. The molecular weight excluding hydrogens is 218 g/mol. The quantitative estimate of drug-likeness (QED) is 0.859. The van der Waals surface area contributed by atoms with E-state index in [1.165, 1.54) is 4.68 Å². The number of benzene rings is 1. The minimum absolute atomic E-state index is 0.289. The van der Waals surface area contributed by atoms with E-state index in [4.69, 9.17) is 10.5 Å². The van der Waals surface area contributed by atoms with E-state index in [-0.39, 0.29) is 5.82 Å². The third-order valence-electron chi connectivity index (χ3n) is 2.24. The first-order valence-corrected chi connectivity index (χ1v) is 5.30. The van der Waals surface area contributed by atoms with Crippen molar-refractivity contribution in [2.75, 3.05) is 12.3 Å². The summed E-state index contributed by atoms with van der Waals surface area (Å²) in [6.45, 7) is 2.04. The van der Waals surface area contributed by atoms with Gasteiger partial charge in [-0.05, 0) is 6.92 Å². The Morgan fingerprint density at radius 3 is 2.76 bits per heavy atom. The second kappa shape index (κ2) is 4.69. The number of carbonyl (C=O) groups excluding carboxylic acids is 1. The number of hydrogen-bond donors (Lipinski definition) is 1. The van der Waals surface area contributed by atoms with E-state index >= 15 is 0 Å². The van der Waals surface area contributed by atoms with Crippen LogP contribution in [0, 0.1) is 0 Å². The second-order valence-electron chi connectivity index (χ2n) is 3.43. The molecule has 0 fully saturated rings. The van der Waals surface area contributed by atoms with Crippen LogP contribution in [0.1, 0.15) is 6.92 Å². The average molecular weight is 231 g/mol. The maximum atomic E-state index is 11.7. The lowest BCUT2D eigenvalue weighted by Crippen LogP contribution is -2.16. The SMILES string of the molecule is CCOC(=O)n1nc(N)cc1-c1ccccc1. The molecule has 88 valence electrons. The van der Waals surface area contributed by atoms with Crippen LogP contribution in [-0.2, 0) is 4.74 Å². The summed E-state index contributed by atoms with van der Waals surface area (Å²) in [6, 6.07) is 11.1. The fourth-order valence-electron chi connectivity index (χ4n) is 1.54. The Bertz CT molecular complexity index is 520. The van der Waals surface area contributed by atoms with Gasteiger partial charge in [0.2, 0.25) is 0 Å². The fraction of sp³-hybridized carbons (Fsp3) is 0.167. The number of rotatable bonds is 2. The number of ether oxygens (including phenoxy) is 1. The summed E-state index contributed by atoms with van der Waals surface area (Å²) < 4.78 is 6.08. The largest absolute Gasteiger partial charge is 0.448 e. The van der Waals surface area contributed by atoms with Crippen molar-refractivity contribution in [2.24, 2.45) is 0 Å². The Morgan fingerprint density at radius 2 is 2.12 bits per heavy atom. The van der Waals surface area contributed by atoms with E-state index in [9.17, 15) is 4.79 Å². The molecule has 0 aliphatic heterocycles. The van der Waals surface area contributed by atoms with Crippen LogP contribution < -0.4 is 5.73 Å². The standard InChI is InChI=1S/C12H13N3O2/c1-2-17-12(16)15-10(8-11(13)14-15)9-6-4-3-5-7-9/h3-8H,2H2,1H3,(H2,13,14). The molecule has 0 atom stereocenters. The van der Waals surface area contributed by atoms with Gasteiger partial charge in [-0.3, -0.25) is 0 Å². The van der Waals surface area contributed by atoms with Crippen LogP contribution in [0.25, 0.3) is 11.3 Å². The summed E-state index contributed by atoms with van der Waals surface area (Å²) in [5, 5.41) is 3.93. The van der Waals surface area contributed by atoms with Gasteiger partial charge in [0.05, 0.1) is 12.3 Å². The first-order chi connectivity index (χ1) is 8.22. The van der Waals surface area contributed by atoms with Crippen molar-refractivity contribution in [3.63, 3.8) is 0 Å². The Labute approximate surface area is 98.8 Å². The molecule has 0 aliphatic rings. The lowest BCUT2D eigenvalue weighted by Gasteiger charge is -2.05. The van der Waals surface area contributed by atoms with E-state index in [1.807, 2.05) is 30.3 Å². The summed E-state index contributed by atoms with van der Waals surface area (Å²) in [4.78, 5) is 11.7. The smallest absolute Gasteiger partial charge is 0.435 e. The minimum Gasteiger partial charge on any atom is -0.448 e. The van der Waals surface area contributed by atoms with Crippen molar-refractivity contribution >= 4 is 11.9 Å². The van der Waals surface area contributed by atoms with Gasteiger partial charge in [0.1, 0.15) is 5.82 Å². The maximum Gasteiger partial charge on any atom is 0.435 e. The van der Waals surface area contributed by atoms with Gasteiger partial charge in [-0.2, -0.15) is 4.68 Å². The number of aromatic nitrogens is 2. The van der Waals surface area contributed by atoms with E-state index in [0.29, 0.717) is 12.3 Å². The molecule has 1 aromatic carbocycles. The van der Waals surface area contributed by atoms with Crippen molar-refractivity contribution in [2.45, 2.75) is 6.92 Å². The molecule has 0 amide bonds. The Kier molecular flexibility index (Phi) is 3.09. The first kappa shape index (κ1) is 11.2. The average Bonchev–Trinajstić information content (AvgIpc) is 2.73. The normalized spacial score (nSPS) is 10.2. The topological polar surface area (TPSA) is 70.1 Å². The predicted molar refractivity (Wildman–Crippen MR) is 64.5 cm³/mol. The van der Waals surface area contributed by atoms with Crippen LogP contribution in [0.15, 0.2) is 36.4 Å². The molecule has 1 heterocycles. The van der Waals surface area contributed by atoms with Crippen LogP contribution in [0.3, 0.4) is 0 Å². The molecule has 2 rings (SSSR count). The summed E-state index contributed by atoms with van der Waals surface area (Å²) in [5.41, 5.74) is 7.10. The molecule has 0 unspecified atom stereocenters. The monoisotopic (exact) mass is 231 g/mol. The molecule has 0 saturated carbocycles. The highest BCUT2D eigenvalue weighted by Crippen LogP contribution is 2.21. The van der Waals surface area contributed by atoms with Gasteiger partial charge in [0, 0.05) is 11.6 Å². The van der Waals surface area contributed by atoms with Gasteiger partial charge in [0.15, 0.2) is 0 Å². The lowest BCUT2D eigenvalue weighted by atomic mass is 10.1. The number of hydrogen-bond acceptors (Lipinski definition) is 4. The third kappa shape index (κ3) is 2.28. The molecule has 0 spiro atoms. The second-order valence-corrected chi connectivity index (χ2v) is 3.43. The van der Waals surface area contributed by atoms with Gasteiger partial charge >= 0.3 is 6.09 Å². The van der Waals surface area contributed by atoms with Crippen LogP contribution in [0.4, 0.5) is 10.6 Å². The van der Waals surface area contributed by atoms with Gasteiger partial charge in [-0.15, -0.1) is 5.10 Å². The van der Waals surface area contributed by atoms with Crippen LogP contribution in [-0.4, -0.2) is 22.5 Å². The highest BCUT2D eigenvalue weighted by molar-refractivity contribution is 5.78. The van der Waals surface area contributed by atoms with Crippen LogP contribution in [0.5, 0.6) is 0 Å². The number of nitrogens with zero attached hydrogens (tertiary/aromatic N) is 2. The molecule has 2 aromatic rings. The highest BCUT2D eigenvalue weighted by atomic mass is 16.5. The van der Waals surface area contributed by atoms with Gasteiger partial charge in [-0.1, -0.05) is 30.3 Å². The van der Waals surface area contributed by atoms with Crippen LogP contribution in [0.2, 0.25) is 0 Å². The van der Waals surface area contributed by atoms with E-state index in [0.717, 1.165) is 5.56 Å². The molecule has 5 heteroatoms. The molecule has 1 aromatic heterocycles. The highest BCUT2D eigenvalue weighted by Gasteiger charge is 2.15. The summed E-state index contributed by atoms with van der Waals surface area (Å²) in [5.74, 6) is 0.289. The predicted octanol–water partition coefficient (Wildman–Crippen LogP) is 2.14. The molecule has 0 bridgehead atoms.